The molecule has 0 radical (unpaired) electrons. The Morgan fingerprint density at radius 2 is 2.32 bits per heavy atom. The minimum Gasteiger partial charge on any atom is -0.387 e. The largest absolute Gasteiger partial charge is 0.387 e. The number of hydrogen-bond donors (Lipinski definition) is 2. The second kappa shape index (κ2) is 8.27. The molecule has 1 aliphatic heterocycles. The van der Waals surface area contributed by atoms with Gasteiger partial charge in [0.05, 0.1) is 18.2 Å². The first kappa shape index (κ1) is 17.6. The second-order valence-corrected chi connectivity index (χ2v) is 6.60. The maximum atomic E-state index is 12.5. The number of carbonyl (C=O) groups excluding carboxylic acids is 1. The molecule has 0 spiro atoms. The molecule has 1 aromatic carbocycles. The summed E-state index contributed by atoms with van der Waals surface area (Å²) in [5, 5.41) is 13.6. The predicted octanol–water partition coefficient (Wildman–Crippen LogP) is 2.20. The number of aliphatic hydroxyl groups is 1. The summed E-state index contributed by atoms with van der Waals surface area (Å²) < 4.78 is 0. The number of nitrogens with one attached hydrogen (secondary N) is 1. The highest BCUT2D eigenvalue weighted by Gasteiger charge is 2.26. The topological polar surface area (TPSA) is 78.4 Å². The van der Waals surface area contributed by atoms with Crippen molar-refractivity contribution in [1.29, 1.82) is 0 Å². The molecule has 1 saturated heterocycles. The third kappa shape index (κ3) is 4.67. The molecule has 2 heterocycles. The average Bonchev–Trinajstić information content (AvgIpc) is 2.66. The minimum absolute atomic E-state index is 0.0466. The van der Waals surface area contributed by atoms with Crippen molar-refractivity contribution in [2.75, 3.05) is 24.5 Å². The van der Waals surface area contributed by atoms with Crippen LogP contribution in [0.4, 0.5) is 5.82 Å². The third-order valence-corrected chi connectivity index (χ3v) is 4.60. The smallest absolute Gasteiger partial charge is 0.225 e. The molecule has 7 heteroatoms. The number of rotatable bonds is 5. The van der Waals surface area contributed by atoms with Gasteiger partial charge in [0.1, 0.15) is 5.82 Å². The summed E-state index contributed by atoms with van der Waals surface area (Å²) in [4.78, 5) is 22.9. The van der Waals surface area contributed by atoms with E-state index in [9.17, 15) is 9.90 Å². The van der Waals surface area contributed by atoms with Crippen LogP contribution in [0.25, 0.3) is 0 Å². The van der Waals surface area contributed by atoms with E-state index >= 15 is 0 Å². The Kier molecular flexibility index (Phi) is 5.83. The van der Waals surface area contributed by atoms with Crippen LogP contribution in [0.3, 0.4) is 0 Å². The van der Waals surface area contributed by atoms with Crippen LogP contribution in [-0.2, 0) is 4.79 Å². The second-order valence-electron chi connectivity index (χ2n) is 6.16. The van der Waals surface area contributed by atoms with Gasteiger partial charge in [0.15, 0.2) is 0 Å². The van der Waals surface area contributed by atoms with E-state index in [4.69, 9.17) is 11.6 Å². The predicted molar refractivity (Wildman–Crippen MR) is 96.4 cm³/mol. The van der Waals surface area contributed by atoms with E-state index in [1.54, 1.807) is 42.9 Å². The zero-order chi connectivity index (χ0) is 17.6. The number of anilines is 1. The summed E-state index contributed by atoms with van der Waals surface area (Å²) in [5.41, 5.74) is 0.692. The normalized spacial score (nSPS) is 18.6. The van der Waals surface area contributed by atoms with Gasteiger partial charge >= 0.3 is 0 Å². The zero-order valence-electron chi connectivity index (χ0n) is 13.8. The molecule has 2 aromatic rings. The summed E-state index contributed by atoms with van der Waals surface area (Å²) in [6.45, 7) is 1.65. The van der Waals surface area contributed by atoms with Crippen molar-refractivity contribution in [3.05, 3.63) is 53.4 Å². The first-order chi connectivity index (χ1) is 12.1. The molecule has 3 rings (SSSR count). The lowest BCUT2D eigenvalue weighted by Gasteiger charge is -2.32. The Bertz CT molecular complexity index is 713. The molecule has 0 bridgehead atoms. The number of piperidine rings is 1. The van der Waals surface area contributed by atoms with Crippen LogP contribution in [0.15, 0.2) is 42.9 Å². The number of hydrogen-bond acceptors (Lipinski definition) is 5. The fraction of sp³-hybridized carbons (Fsp3) is 0.389. The maximum Gasteiger partial charge on any atom is 0.225 e. The monoisotopic (exact) mass is 360 g/mol. The Labute approximate surface area is 151 Å². The molecule has 6 nitrogen and oxygen atoms in total. The molecule has 1 fully saturated rings. The van der Waals surface area contributed by atoms with Crippen LogP contribution in [0.2, 0.25) is 5.02 Å². The van der Waals surface area contributed by atoms with Crippen molar-refractivity contribution in [1.82, 2.24) is 15.3 Å². The van der Waals surface area contributed by atoms with Crippen LogP contribution in [0.5, 0.6) is 0 Å². The van der Waals surface area contributed by atoms with Crippen molar-refractivity contribution in [2.24, 2.45) is 5.92 Å². The van der Waals surface area contributed by atoms with Crippen molar-refractivity contribution in [3.63, 3.8) is 0 Å². The summed E-state index contributed by atoms with van der Waals surface area (Å²) in [7, 11) is 0. The summed E-state index contributed by atoms with van der Waals surface area (Å²) in [6, 6.07) is 7.02. The summed E-state index contributed by atoms with van der Waals surface area (Å²) in [6.07, 6.45) is 5.97. The standard InChI is InChI=1S/C18H21ClN4O2/c19-15-5-1-3-13(9-15)16(24)10-22-18(25)14-4-2-8-23(12-14)17-11-20-6-7-21-17/h1,3,5-7,9,11,14,16,24H,2,4,8,10,12H2,(H,22,25). The van der Waals surface area contributed by atoms with Crippen molar-refractivity contribution < 1.29 is 9.90 Å². The van der Waals surface area contributed by atoms with E-state index in [-0.39, 0.29) is 18.4 Å². The van der Waals surface area contributed by atoms with E-state index < -0.39 is 6.10 Å². The molecule has 2 N–H and O–H groups in total. The molecular weight excluding hydrogens is 340 g/mol. The van der Waals surface area contributed by atoms with E-state index in [0.717, 1.165) is 25.2 Å². The highest BCUT2D eigenvalue weighted by atomic mass is 35.5. The first-order valence-corrected chi connectivity index (χ1v) is 8.73. The number of nitrogens with zero attached hydrogens (tertiary/aromatic N) is 3. The molecule has 0 saturated carbocycles. The Hall–Kier alpha value is -2.18. The molecule has 1 aromatic heterocycles. The fourth-order valence-corrected chi connectivity index (χ4v) is 3.23. The van der Waals surface area contributed by atoms with Gasteiger partial charge in [0.25, 0.3) is 0 Å². The number of carbonyl (C=O) groups is 1. The molecule has 132 valence electrons. The number of amides is 1. The molecule has 2 atom stereocenters. The Morgan fingerprint density at radius 1 is 1.44 bits per heavy atom. The van der Waals surface area contributed by atoms with Crippen LogP contribution in [0.1, 0.15) is 24.5 Å². The van der Waals surface area contributed by atoms with Gasteiger partial charge in [-0.05, 0) is 30.5 Å². The van der Waals surface area contributed by atoms with Crippen LogP contribution >= 0.6 is 11.6 Å². The quantitative estimate of drug-likeness (QED) is 0.854. The molecule has 25 heavy (non-hydrogen) atoms. The number of halogens is 1. The van der Waals surface area contributed by atoms with Gasteiger partial charge in [-0.25, -0.2) is 4.98 Å². The summed E-state index contributed by atoms with van der Waals surface area (Å²) in [5.74, 6) is 0.621. The van der Waals surface area contributed by atoms with Gasteiger partial charge in [0, 0.05) is 37.1 Å². The lowest BCUT2D eigenvalue weighted by atomic mass is 9.97. The summed E-state index contributed by atoms with van der Waals surface area (Å²) >= 11 is 5.93. The zero-order valence-corrected chi connectivity index (χ0v) is 14.6. The molecule has 1 amide bonds. The SMILES string of the molecule is O=C(NCC(O)c1cccc(Cl)c1)C1CCCN(c2cnccn2)C1. The minimum atomic E-state index is -0.776. The van der Waals surface area contributed by atoms with Crippen molar-refractivity contribution in [3.8, 4) is 0 Å². The van der Waals surface area contributed by atoms with Crippen LogP contribution in [0, 0.1) is 5.92 Å². The van der Waals surface area contributed by atoms with Crippen molar-refractivity contribution >= 4 is 23.3 Å². The number of aromatic nitrogens is 2. The van der Waals surface area contributed by atoms with E-state index in [0.29, 0.717) is 17.1 Å². The fourth-order valence-electron chi connectivity index (χ4n) is 3.03. The van der Waals surface area contributed by atoms with Gasteiger partial charge in [-0.1, -0.05) is 23.7 Å². The highest BCUT2D eigenvalue weighted by Crippen LogP contribution is 2.21. The van der Waals surface area contributed by atoms with Gasteiger partial charge in [-0.15, -0.1) is 0 Å². The lowest BCUT2D eigenvalue weighted by molar-refractivity contribution is -0.125. The van der Waals surface area contributed by atoms with Gasteiger partial charge in [-0.3, -0.25) is 9.78 Å². The van der Waals surface area contributed by atoms with Crippen molar-refractivity contribution in [2.45, 2.75) is 18.9 Å². The maximum absolute atomic E-state index is 12.5. The van der Waals surface area contributed by atoms with Gasteiger partial charge in [-0.2, -0.15) is 0 Å². The lowest BCUT2D eigenvalue weighted by Crippen LogP contribution is -2.44. The number of benzene rings is 1. The Balaban J connectivity index is 1.54. The third-order valence-electron chi connectivity index (χ3n) is 4.37. The first-order valence-electron chi connectivity index (χ1n) is 8.35. The van der Waals surface area contributed by atoms with Crippen LogP contribution in [-0.4, -0.2) is 40.6 Å². The molecular formula is C18H21ClN4O2. The molecule has 2 unspecified atom stereocenters. The highest BCUT2D eigenvalue weighted by molar-refractivity contribution is 6.30. The molecule has 0 aliphatic carbocycles. The van der Waals surface area contributed by atoms with Gasteiger partial charge < -0.3 is 15.3 Å². The van der Waals surface area contributed by atoms with E-state index in [1.165, 1.54) is 0 Å². The van der Waals surface area contributed by atoms with Gasteiger partial charge in [0.2, 0.25) is 5.91 Å². The Morgan fingerprint density at radius 3 is 3.08 bits per heavy atom. The van der Waals surface area contributed by atoms with E-state index in [1.807, 2.05) is 0 Å². The molecule has 1 aliphatic rings. The number of aliphatic hydroxyl groups excluding tert-OH is 1. The average molecular weight is 361 g/mol. The van der Waals surface area contributed by atoms with Crippen LogP contribution < -0.4 is 10.2 Å². The van der Waals surface area contributed by atoms with E-state index in [2.05, 4.69) is 20.2 Å².